The number of carbonyl (C=O) groups excluding carboxylic acids is 2. The van der Waals surface area contributed by atoms with E-state index >= 15 is 0 Å². The molecule has 3 heterocycles. The molecule has 6 heteroatoms. The Kier molecular flexibility index (Phi) is 3.79. The van der Waals surface area contributed by atoms with Gasteiger partial charge in [-0.1, -0.05) is 12.1 Å². The molecule has 4 rings (SSSR count). The molecule has 1 aromatic carbocycles. The number of piperazine rings is 1. The zero-order chi connectivity index (χ0) is 15.8. The lowest BCUT2D eigenvalue weighted by atomic mass is 10.1. The van der Waals surface area contributed by atoms with Crippen LogP contribution in [0.4, 0.5) is 0 Å². The highest BCUT2D eigenvalue weighted by atomic mass is 16.6. The first-order valence-electron chi connectivity index (χ1n) is 8.29. The van der Waals surface area contributed by atoms with Crippen LogP contribution in [-0.2, 0) is 14.3 Å². The Labute approximate surface area is 134 Å². The molecule has 2 saturated heterocycles. The highest BCUT2D eigenvalue weighted by Crippen LogP contribution is 2.26. The molecule has 0 spiro atoms. The molecule has 0 radical (unpaired) electrons. The van der Waals surface area contributed by atoms with Crippen molar-refractivity contribution in [3.63, 3.8) is 0 Å². The second-order valence-electron chi connectivity index (χ2n) is 6.36. The predicted molar refractivity (Wildman–Crippen MR) is 80.8 cm³/mol. The van der Waals surface area contributed by atoms with Crippen LogP contribution in [-0.4, -0.2) is 55.7 Å². The molecule has 3 aliphatic rings. The van der Waals surface area contributed by atoms with Gasteiger partial charge in [-0.3, -0.25) is 9.69 Å². The van der Waals surface area contributed by atoms with E-state index in [2.05, 4.69) is 0 Å². The Morgan fingerprint density at radius 3 is 2.74 bits per heavy atom. The van der Waals surface area contributed by atoms with E-state index in [0.717, 1.165) is 31.5 Å². The van der Waals surface area contributed by atoms with Crippen LogP contribution in [0, 0.1) is 0 Å². The van der Waals surface area contributed by atoms with Crippen LogP contribution in [0.3, 0.4) is 0 Å². The van der Waals surface area contributed by atoms with E-state index in [1.165, 1.54) is 4.90 Å². The van der Waals surface area contributed by atoms with Gasteiger partial charge in [0.1, 0.15) is 6.10 Å². The van der Waals surface area contributed by atoms with Crippen molar-refractivity contribution >= 4 is 11.9 Å². The largest absolute Gasteiger partial charge is 0.404 e. The molecule has 1 aromatic rings. The normalized spacial score (nSPS) is 27.8. The lowest BCUT2D eigenvalue weighted by Gasteiger charge is -2.35. The maximum atomic E-state index is 12.4. The molecule has 0 bridgehead atoms. The molecule has 3 aliphatic heterocycles. The third-order valence-corrected chi connectivity index (χ3v) is 4.98. The zero-order valence-electron chi connectivity index (χ0n) is 13.0. The molecule has 0 aliphatic carbocycles. The number of nitrogens with zero attached hydrogens (tertiary/aromatic N) is 1. The second kappa shape index (κ2) is 5.94. The van der Waals surface area contributed by atoms with Crippen molar-refractivity contribution in [1.82, 2.24) is 4.90 Å². The molecule has 2 fully saturated rings. The van der Waals surface area contributed by atoms with E-state index in [-0.39, 0.29) is 24.2 Å². The Bertz CT molecular complexity index is 619. The van der Waals surface area contributed by atoms with Gasteiger partial charge in [0.15, 0.2) is 0 Å². The Morgan fingerprint density at radius 2 is 2.00 bits per heavy atom. The van der Waals surface area contributed by atoms with E-state index in [1.54, 1.807) is 0 Å². The fourth-order valence-electron chi connectivity index (χ4n) is 3.70. The zero-order valence-corrected chi connectivity index (χ0v) is 13.0. The maximum Gasteiger partial charge on any atom is 0.343 e. The summed E-state index contributed by atoms with van der Waals surface area (Å²) in [4.78, 5) is 27.4. The van der Waals surface area contributed by atoms with E-state index in [9.17, 15) is 9.59 Å². The fraction of sp³-hybridized carbons (Fsp3) is 0.529. The van der Waals surface area contributed by atoms with Gasteiger partial charge in [0.25, 0.3) is 12.1 Å². The summed E-state index contributed by atoms with van der Waals surface area (Å²) < 4.78 is 11.1. The number of hydrogen-bond acceptors (Lipinski definition) is 4. The van der Waals surface area contributed by atoms with Gasteiger partial charge in [-0.15, -0.1) is 0 Å². The maximum absolute atomic E-state index is 12.4. The third kappa shape index (κ3) is 2.62. The van der Waals surface area contributed by atoms with Crippen LogP contribution in [0.25, 0.3) is 0 Å². The number of esters is 1. The van der Waals surface area contributed by atoms with Crippen molar-refractivity contribution in [2.24, 2.45) is 0 Å². The minimum absolute atomic E-state index is 0.116. The van der Waals surface area contributed by atoms with Gasteiger partial charge in [0.2, 0.25) is 0 Å². The van der Waals surface area contributed by atoms with Gasteiger partial charge in [0.05, 0.1) is 37.3 Å². The van der Waals surface area contributed by atoms with Crippen LogP contribution in [0.1, 0.15) is 35.0 Å². The standard InChI is InChI=1S/C17H20N2O4/c20-15(14-6-3-11-22-14)18-7-9-19(10-8-18)16-12-4-1-2-5-13(12)17(21)23-16/h1-2,4-5,14,16H,3,6-11H2/p+1/t14-,16-/m0/s1. The van der Waals surface area contributed by atoms with Crippen LogP contribution in [0.5, 0.6) is 0 Å². The predicted octanol–water partition coefficient (Wildman–Crippen LogP) is -0.238. The Hall–Kier alpha value is -1.92. The second-order valence-corrected chi connectivity index (χ2v) is 6.36. The summed E-state index contributed by atoms with van der Waals surface area (Å²) in [6, 6.07) is 7.57. The Morgan fingerprint density at radius 1 is 1.22 bits per heavy atom. The summed E-state index contributed by atoms with van der Waals surface area (Å²) in [5.41, 5.74) is 1.63. The molecule has 2 atom stereocenters. The third-order valence-electron chi connectivity index (χ3n) is 4.98. The number of quaternary nitrogens is 1. The number of rotatable bonds is 2. The summed E-state index contributed by atoms with van der Waals surface area (Å²) in [6.45, 7) is 3.63. The molecule has 1 amide bonds. The summed E-state index contributed by atoms with van der Waals surface area (Å²) in [5.74, 6) is -0.124. The van der Waals surface area contributed by atoms with E-state index in [1.807, 2.05) is 29.2 Å². The molecular formula is C17H21N2O4+. The molecule has 0 aromatic heterocycles. The summed E-state index contributed by atoms with van der Waals surface area (Å²) >= 11 is 0. The molecule has 0 saturated carbocycles. The molecule has 6 nitrogen and oxygen atoms in total. The minimum atomic E-state index is -0.249. The van der Waals surface area contributed by atoms with Gasteiger partial charge >= 0.3 is 5.97 Å². The van der Waals surface area contributed by atoms with Crippen molar-refractivity contribution in [3.05, 3.63) is 35.4 Å². The van der Waals surface area contributed by atoms with Gasteiger partial charge in [-0.05, 0) is 25.0 Å². The quantitative estimate of drug-likeness (QED) is 0.765. The smallest absolute Gasteiger partial charge is 0.343 e. The first kappa shape index (κ1) is 14.7. The van der Waals surface area contributed by atoms with E-state index < -0.39 is 0 Å². The molecule has 1 N–H and O–H groups in total. The number of benzene rings is 1. The molecule has 23 heavy (non-hydrogen) atoms. The van der Waals surface area contributed by atoms with Crippen molar-refractivity contribution < 1.29 is 24.0 Å². The highest BCUT2D eigenvalue weighted by molar-refractivity contribution is 5.93. The van der Waals surface area contributed by atoms with Crippen LogP contribution in [0.2, 0.25) is 0 Å². The average molecular weight is 317 g/mol. The first-order chi connectivity index (χ1) is 11.2. The van der Waals surface area contributed by atoms with Crippen LogP contribution >= 0.6 is 0 Å². The van der Waals surface area contributed by atoms with Crippen LogP contribution in [0.15, 0.2) is 24.3 Å². The van der Waals surface area contributed by atoms with Crippen LogP contribution < -0.4 is 4.90 Å². The van der Waals surface area contributed by atoms with Gasteiger partial charge in [-0.2, -0.15) is 0 Å². The average Bonchev–Trinajstić information content (AvgIpc) is 3.23. The van der Waals surface area contributed by atoms with E-state index in [0.29, 0.717) is 25.3 Å². The van der Waals surface area contributed by atoms with Gasteiger partial charge in [-0.25, -0.2) is 4.79 Å². The van der Waals surface area contributed by atoms with Gasteiger partial charge in [0, 0.05) is 6.61 Å². The van der Waals surface area contributed by atoms with Crippen molar-refractivity contribution in [3.8, 4) is 0 Å². The van der Waals surface area contributed by atoms with E-state index in [4.69, 9.17) is 9.47 Å². The van der Waals surface area contributed by atoms with Crippen molar-refractivity contribution in [2.45, 2.75) is 25.2 Å². The number of nitrogens with one attached hydrogen (secondary N) is 1. The Balaban J connectivity index is 1.40. The summed E-state index contributed by atoms with van der Waals surface area (Å²) in [7, 11) is 0. The highest BCUT2D eigenvalue weighted by Gasteiger charge is 2.40. The number of ether oxygens (including phenoxy) is 2. The molecule has 0 unspecified atom stereocenters. The lowest BCUT2D eigenvalue weighted by molar-refractivity contribution is -0.955. The number of cyclic esters (lactones) is 1. The number of fused-ring (bicyclic) bond motifs is 1. The topological polar surface area (TPSA) is 60.3 Å². The van der Waals surface area contributed by atoms with Crippen molar-refractivity contribution in [2.75, 3.05) is 32.8 Å². The fourth-order valence-corrected chi connectivity index (χ4v) is 3.70. The number of hydrogen-bond donors (Lipinski definition) is 1. The number of amides is 1. The van der Waals surface area contributed by atoms with Crippen molar-refractivity contribution in [1.29, 1.82) is 0 Å². The lowest BCUT2D eigenvalue weighted by Crippen LogP contribution is -3.15. The monoisotopic (exact) mass is 317 g/mol. The number of carbonyl (C=O) groups is 2. The minimum Gasteiger partial charge on any atom is -0.404 e. The van der Waals surface area contributed by atoms with Gasteiger partial charge < -0.3 is 14.4 Å². The summed E-state index contributed by atoms with van der Waals surface area (Å²) in [5, 5.41) is 0. The molecular weight excluding hydrogens is 296 g/mol. The first-order valence-corrected chi connectivity index (χ1v) is 8.29. The summed E-state index contributed by atoms with van der Waals surface area (Å²) in [6.07, 6.45) is 1.32. The SMILES string of the molecule is O=C1O[C@H]([NH+]2CCN(C(=O)[C@@H]3CCCO3)CC2)c2ccccc21. The molecule has 122 valence electrons.